The van der Waals surface area contributed by atoms with Gasteiger partial charge in [-0.3, -0.25) is 4.79 Å². The molecular weight excluding hydrogens is 240 g/mol. The van der Waals surface area contributed by atoms with E-state index in [1.165, 1.54) is 6.33 Å². The van der Waals surface area contributed by atoms with Gasteiger partial charge in [0.1, 0.15) is 18.0 Å². The Balaban J connectivity index is 2.16. The first kappa shape index (κ1) is 11.5. The molecule has 0 fully saturated rings. The van der Waals surface area contributed by atoms with Gasteiger partial charge in [0, 0.05) is 18.0 Å². The lowest BCUT2D eigenvalue weighted by Crippen LogP contribution is -2.13. The predicted octanol–water partition coefficient (Wildman–Crippen LogP) is 1.72. The molecule has 17 heavy (non-hydrogen) atoms. The molecule has 2 aromatic heterocycles. The highest BCUT2D eigenvalue weighted by Gasteiger charge is 2.02. The second-order valence-electron chi connectivity index (χ2n) is 3.21. The van der Waals surface area contributed by atoms with Crippen molar-refractivity contribution >= 4 is 23.3 Å². The van der Waals surface area contributed by atoms with Gasteiger partial charge in [0.25, 0.3) is 0 Å². The number of pyridine rings is 1. The van der Waals surface area contributed by atoms with Crippen LogP contribution in [0.2, 0.25) is 0 Å². The SMILES string of the molecule is O=C(CCl)Nc1ccc(-c2ccncn2)cn1. The average Bonchev–Trinajstić information content (AvgIpc) is 2.40. The normalized spacial score (nSPS) is 9.94. The maximum absolute atomic E-state index is 11.0. The lowest BCUT2D eigenvalue weighted by atomic mass is 10.2. The van der Waals surface area contributed by atoms with Crippen LogP contribution in [0.5, 0.6) is 0 Å². The number of carbonyl (C=O) groups is 1. The molecular formula is C11H9ClN4O. The van der Waals surface area contributed by atoms with Crippen molar-refractivity contribution in [2.75, 3.05) is 11.2 Å². The summed E-state index contributed by atoms with van der Waals surface area (Å²) >= 11 is 5.37. The molecule has 2 heterocycles. The summed E-state index contributed by atoms with van der Waals surface area (Å²) in [5.74, 6) is 0.0948. The Labute approximate surface area is 103 Å². The topological polar surface area (TPSA) is 67.8 Å². The van der Waals surface area contributed by atoms with Gasteiger partial charge < -0.3 is 5.32 Å². The van der Waals surface area contributed by atoms with E-state index >= 15 is 0 Å². The molecule has 6 heteroatoms. The number of aromatic nitrogens is 3. The number of rotatable bonds is 3. The van der Waals surface area contributed by atoms with Crippen LogP contribution in [0.3, 0.4) is 0 Å². The minimum Gasteiger partial charge on any atom is -0.310 e. The van der Waals surface area contributed by atoms with Crippen LogP contribution in [0.25, 0.3) is 11.3 Å². The van der Waals surface area contributed by atoms with Gasteiger partial charge in [-0.05, 0) is 18.2 Å². The van der Waals surface area contributed by atoms with E-state index in [1.54, 1.807) is 24.5 Å². The molecule has 0 radical (unpaired) electrons. The third kappa shape index (κ3) is 2.98. The summed E-state index contributed by atoms with van der Waals surface area (Å²) in [6, 6.07) is 5.30. The van der Waals surface area contributed by atoms with E-state index in [1.807, 2.05) is 6.07 Å². The summed E-state index contributed by atoms with van der Waals surface area (Å²) in [7, 11) is 0. The molecule has 0 unspecified atom stereocenters. The van der Waals surface area contributed by atoms with E-state index in [4.69, 9.17) is 11.6 Å². The number of hydrogen-bond donors (Lipinski definition) is 1. The van der Waals surface area contributed by atoms with Gasteiger partial charge in [-0.15, -0.1) is 11.6 Å². The van der Waals surface area contributed by atoms with Crippen LogP contribution in [0.1, 0.15) is 0 Å². The van der Waals surface area contributed by atoms with Crippen LogP contribution < -0.4 is 5.32 Å². The summed E-state index contributed by atoms with van der Waals surface area (Å²) < 4.78 is 0. The summed E-state index contributed by atoms with van der Waals surface area (Å²) in [4.78, 5) is 23.1. The second-order valence-corrected chi connectivity index (χ2v) is 3.48. The number of hydrogen-bond acceptors (Lipinski definition) is 4. The third-order valence-electron chi connectivity index (χ3n) is 2.03. The van der Waals surface area contributed by atoms with E-state index in [0.29, 0.717) is 5.82 Å². The van der Waals surface area contributed by atoms with Crippen LogP contribution in [-0.4, -0.2) is 26.7 Å². The van der Waals surface area contributed by atoms with Crippen LogP contribution in [-0.2, 0) is 4.79 Å². The highest BCUT2D eigenvalue weighted by molar-refractivity contribution is 6.28. The molecule has 0 aliphatic heterocycles. The van der Waals surface area contributed by atoms with Crippen LogP contribution in [0, 0.1) is 0 Å². The Morgan fingerprint density at radius 2 is 2.18 bits per heavy atom. The number of nitrogens with zero attached hydrogens (tertiary/aromatic N) is 3. The zero-order valence-corrected chi connectivity index (χ0v) is 9.55. The molecule has 0 aliphatic rings. The van der Waals surface area contributed by atoms with Gasteiger partial charge in [0.15, 0.2) is 0 Å². The zero-order chi connectivity index (χ0) is 12.1. The molecule has 0 saturated carbocycles. The Morgan fingerprint density at radius 1 is 1.29 bits per heavy atom. The largest absolute Gasteiger partial charge is 0.310 e. The summed E-state index contributed by atoms with van der Waals surface area (Å²) in [5.41, 5.74) is 1.64. The van der Waals surface area contributed by atoms with Crippen molar-refractivity contribution in [2.24, 2.45) is 0 Å². The highest BCUT2D eigenvalue weighted by atomic mass is 35.5. The zero-order valence-electron chi connectivity index (χ0n) is 8.80. The molecule has 2 aromatic rings. The summed E-state index contributed by atoms with van der Waals surface area (Å²) in [6.45, 7) is 0. The lowest BCUT2D eigenvalue weighted by molar-refractivity contribution is -0.113. The molecule has 86 valence electrons. The first-order valence-corrected chi connectivity index (χ1v) is 5.41. The van der Waals surface area contributed by atoms with Crippen LogP contribution >= 0.6 is 11.6 Å². The molecule has 0 bridgehead atoms. The van der Waals surface area contributed by atoms with Crippen molar-refractivity contribution in [3.63, 3.8) is 0 Å². The van der Waals surface area contributed by atoms with Crippen molar-refractivity contribution in [1.29, 1.82) is 0 Å². The quantitative estimate of drug-likeness (QED) is 0.840. The van der Waals surface area contributed by atoms with Gasteiger partial charge in [-0.25, -0.2) is 15.0 Å². The fourth-order valence-corrected chi connectivity index (χ4v) is 1.32. The Morgan fingerprint density at radius 3 is 2.76 bits per heavy atom. The van der Waals surface area contributed by atoms with Crippen molar-refractivity contribution in [1.82, 2.24) is 15.0 Å². The second kappa shape index (κ2) is 5.36. The van der Waals surface area contributed by atoms with Crippen molar-refractivity contribution < 1.29 is 4.79 Å². The molecule has 1 N–H and O–H groups in total. The fraction of sp³-hybridized carbons (Fsp3) is 0.0909. The molecule has 1 amide bonds. The number of alkyl halides is 1. The highest BCUT2D eigenvalue weighted by Crippen LogP contribution is 2.15. The van der Waals surface area contributed by atoms with Gasteiger partial charge in [-0.1, -0.05) is 0 Å². The van der Waals surface area contributed by atoms with Crippen molar-refractivity contribution in [3.8, 4) is 11.3 Å². The van der Waals surface area contributed by atoms with E-state index in [0.717, 1.165) is 11.3 Å². The standard InChI is InChI=1S/C11H9ClN4O/c12-5-11(17)16-10-2-1-8(6-14-10)9-3-4-13-7-15-9/h1-4,6-7H,5H2,(H,14,16,17). The molecule has 0 aromatic carbocycles. The number of carbonyl (C=O) groups excluding carboxylic acids is 1. The first-order valence-electron chi connectivity index (χ1n) is 4.88. The smallest absolute Gasteiger partial charge is 0.240 e. The fourth-order valence-electron chi connectivity index (χ4n) is 1.26. The van der Waals surface area contributed by atoms with E-state index in [2.05, 4.69) is 20.3 Å². The Kier molecular flexibility index (Phi) is 3.62. The van der Waals surface area contributed by atoms with Crippen molar-refractivity contribution in [2.45, 2.75) is 0 Å². The van der Waals surface area contributed by atoms with Crippen molar-refractivity contribution in [3.05, 3.63) is 36.9 Å². The van der Waals surface area contributed by atoms with E-state index in [9.17, 15) is 4.79 Å². The average molecular weight is 249 g/mol. The summed E-state index contributed by atoms with van der Waals surface area (Å²) in [5, 5.41) is 2.56. The molecule has 0 aliphatic carbocycles. The van der Waals surface area contributed by atoms with Gasteiger partial charge in [0.05, 0.1) is 5.69 Å². The Hall–Kier alpha value is -2.01. The van der Waals surface area contributed by atoms with Gasteiger partial charge in [-0.2, -0.15) is 0 Å². The molecule has 0 spiro atoms. The van der Waals surface area contributed by atoms with E-state index in [-0.39, 0.29) is 11.8 Å². The minimum atomic E-state index is -0.283. The number of nitrogens with one attached hydrogen (secondary N) is 1. The van der Waals surface area contributed by atoms with E-state index < -0.39 is 0 Å². The van der Waals surface area contributed by atoms with Gasteiger partial charge in [0.2, 0.25) is 5.91 Å². The molecule has 0 saturated heterocycles. The maximum atomic E-state index is 11.0. The summed E-state index contributed by atoms with van der Waals surface area (Å²) in [6.07, 6.45) is 4.76. The van der Waals surface area contributed by atoms with Crippen LogP contribution in [0.15, 0.2) is 36.9 Å². The van der Waals surface area contributed by atoms with Crippen LogP contribution in [0.4, 0.5) is 5.82 Å². The molecule has 5 nitrogen and oxygen atoms in total. The number of halogens is 1. The number of amides is 1. The monoisotopic (exact) mass is 248 g/mol. The molecule has 2 rings (SSSR count). The number of anilines is 1. The Bertz CT molecular complexity index is 501. The predicted molar refractivity (Wildman–Crippen MR) is 64.6 cm³/mol. The van der Waals surface area contributed by atoms with Gasteiger partial charge >= 0.3 is 0 Å². The maximum Gasteiger partial charge on any atom is 0.240 e. The molecule has 0 atom stereocenters. The lowest BCUT2D eigenvalue weighted by Gasteiger charge is -2.03. The minimum absolute atomic E-state index is 0.0880. The third-order valence-corrected chi connectivity index (χ3v) is 2.27. The first-order chi connectivity index (χ1) is 8.29.